The summed E-state index contributed by atoms with van der Waals surface area (Å²) < 4.78 is 129. The molecule has 150 valence electrons. The predicted octanol–water partition coefficient (Wildman–Crippen LogP) is 4.62. The van der Waals surface area contributed by atoms with Crippen LogP contribution in [0.3, 0.4) is 0 Å². The SMILES string of the molecule is O=c1cc(C(F)(F)F)c2cc(N(CC(F)(F)F)CC(F)(F)F)c(F)cc2[nH]1. The summed E-state index contributed by atoms with van der Waals surface area (Å²) in [7, 11) is 0. The Kier molecular flexibility index (Phi) is 5.10. The number of anilines is 1. The van der Waals surface area contributed by atoms with Crippen molar-refractivity contribution < 1.29 is 43.9 Å². The number of benzene rings is 1. The van der Waals surface area contributed by atoms with Gasteiger partial charge < -0.3 is 9.88 Å². The molecule has 13 heteroatoms. The van der Waals surface area contributed by atoms with Gasteiger partial charge in [-0.1, -0.05) is 0 Å². The minimum absolute atomic E-state index is 0.0713. The molecule has 0 aliphatic heterocycles. The number of hydrogen-bond donors (Lipinski definition) is 1. The Morgan fingerprint density at radius 3 is 1.81 bits per heavy atom. The van der Waals surface area contributed by atoms with E-state index in [1.165, 1.54) is 0 Å². The van der Waals surface area contributed by atoms with E-state index in [4.69, 9.17) is 0 Å². The van der Waals surface area contributed by atoms with Crippen LogP contribution < -0.4 is 10.5 Å². The number of aromatic nitrogens is 1. The van der Waals surface area contributed by atoms with Crippen molar-refractivity contribution in [3.05, 3.63) is 39.9 Å². The maximum absolute atomic E-state index is 14.1. The van der Waals surface area contributed by atoms with E-state index in [-0.39, 0.29) is 18.2 Å². The van der Waals surface area contributed by atoms with Crippen molar-refractivity contribution in [1.29, 1.82) is 0 Å². The van der Waals surface area contributed by atoms with Gasteiger partial charge in [-0.2, -0.15) is 39.5 Å². The van der Waals surface area contributed by atoms with Gasteiger partial charge in [0.1, 0.15) is 18.9 Å². The Morgan fingerprint density at radius 1 is 0.852 bits per heavy atom. The maximum atomic E-state index is 14.1. The third kappa shape index (κ3) is 5.26. The zero-order valence-electron chi connectivity index (χ0n) is 12.8. The molecule has 0 spiro atoms. The second-order valence-electron chi connectivity index (χ2n) is 5.48. The second kappa shape index (κ2) is 6.60. The van der Waals surface area contributed by atoms with Crippen molar-refractivity contribution in [2.24, 2.45) is 0 Å². The van der Waals surface area contributed by atoms with E-state index in [9.17, 15) is 48.7 Å². The van der Waals surface area contributed by atoms with E-state index in [1.54, 1.807) is 0 Å². The van der Waals surface area contributed by atoms with Crippen LogP contribution >= 0.6 is 0 Å². The highest BCUT2D eigenvalue weighted by Crippen LogP contribution is 2.37. The molecule has 27 heavy (non-hydrogen) atoms. The summed E-state index contributed by atoms with van der Waals surface area (Å²) in [6, 6.07) is 0.504. The monoisotopic (exact) mass is 410 g/mol. The molecule has 0 saturated carbocycles. The summed E-state index contributed by atoms with van der Waals surface area (Å²) >= 11 is 0. The molecule has 0 unspecified atom stereocenters. The summed E-state index contributed by atoms with van der Waals surface area (Å²) in [6.45, 7) is -4.50. The van der Waals surface area contributed by atoms with Crippen molar-refractivity contribution in [3.63, 3.8) is 0 Å². The van der Waals surface area contributed by atoms with Crippen molar-refractivity contribution in [2.75, 3.05) is 18.0 Å². The molecule has 1 heterocycles. The summed E-state index contributed by atoms with van der Waals surface area (Å²) in [5.41, 5.74) is -4.96. The number of alkyl halides is 9. The zero-order valence-corrected chi connectivity index (χ0v) is 12.8. The lowest BCUT2D eigenvalue weighted by Gasteiger charge is -2.27. The normalized spacial score (nSPS) is 13.3. The number of H-pyrrole nitrogens is 1. The molecule has 0 atom stereocenters. The zero-order chi connectivity index (χ0) is 20.8. The fourth-order valence-corrected chi connectivity index (χ4v) is 2.40. The van der Waals surface area contributed by atoms with Crippen LogP contribution in [0.5, 0.6) is 0 Å². The molecular formula is C14H8F10N2O. The van der Waals surface area contributed by atoms with E-state index < -0.39 is 70.0 Å². The van der Waals surface area contributed by atoms with Crippen molar-refractivity contribution >= 4 is 16.6 Å². The average Bonchev–Trinajstić information content (AvgIpc) is 2.40. The Bertz CT molecular complexity index is 878. The Hall–Kier alpha value is -2.47. The van der Waals surface area contributed by atoms with Crippen LogP contribution in [0.15, 0.2) is 23.0 Å². The first-order valence-corrected chi connectivity index (χ1v) is 6.89. The van der Waals surface area contributed by atoms with Crippen molar-refractivity contribution in [3.8, 4) is 0 Å². The topological polar surface area (TPSA) is 36.1 Å². The average molecular weight is 410 g/mol. The van der Waals surface area contributed by atoms with Gasteiger partial charge in [-0.3, -0.25) is 4.79 Å². The van der Waals surface area contributed by atoms with Crippen molar-refractivity contribution in [2.45, 2.75) is 18.5 Å². The minimum atomic E-state index is -5.19. The molecule has 1 aromatic carbocycles. The number of halogens is 10. The van der Waals surface area contributed by atoms with Crippen LogP contribution in [0, 0.1) is 5.82 Å². The highest BCUT2D eigenvalue weighted by molar-refractivity contribution is 5.86. The number of nitrogens with one attached hydrogen (secondary N) is 1. The fourth-order valence-electron chi connectivity index (χ4n) is 2.40. The minimum Gasteiger partial charge on any atom is -0.351 e. The van der Waals surface area contributed by atoms with E-state index >= 15 is 0 Å². The smallest absolute Gasteiger partial charge is 0.351 e. The third-order valence-corrected chi connectivity index (χ3v) is 3.30. The molecule has 0 aliphatic carbocycles. The molecule has 2 aromatic rings. The highest BCUT2D eigenvalue weighted by Gasteiger charge is 2.39. The summed E-state index contributed by atoms with van der Waals surface area (Å²) in [5, 5.41) is -0.951. The Balaban J connectivity index is 2.73. The van der Waals surface area contributed by atoms with Gasteiger partial charge >= 0.3 is 18.5 Å². The van der Waals surface area contributed by atoms with Crippen LogP contribution in [-0.2, 0) is 6.18 Å². The lowest BCUT2D eigenvalue weighted by atomic mass is 10.1. The predicted molar refractivity (Wildman–Crippen MR) is 73.9 cm³/mol. The largest absolute Gasteiger partial charge is 0.417 e. The Morgan fingerprint density at radius 2 is 1.37 bits per heavy atom. The number of pyridine rings is 1. The van der Waals surface area contributed by atoms with Gasteiger partial charge in [0, 0.05) is 17.5 Å². The quantitative estimate of drug-likeness (QED) is 0.750. The lowest BCUT2D eigenvalue weighted by Crippen LogP contribution is -2.41. The maximum Gasteiger partial charge on any atom is 0.417 e. The first kappa shape index (κ1) is 20.8. The molecule has 0 aliphatic rings. The number of hydrogen-bond acceptors (Lipinski definition) is 2. The van der Waals surface area contributed by atoms with Crippen LogP contribution in [0.1, 0.15) is 5.56 Å². The number of aromatic amines is 1. The molecule has 0 amide bonds. The first-order valence-electron chi connectivity index (χ1n) is 6.89. The summed E-state index contributed by atoms with van der Waals surface area (Å²) in [5.74, 6) is -1.66. The molecule has 0 fully saturated rings. The molecule has 3 nitrogen and oxygen atoms in total. The molecule has 0 radical (unpaired) electrons. The summed E-state index contributed by atoms with van der Waals surface area (Å²) in [4.78, 5) is 12.6. The van der Waals surface area contributed by atoms with Gasteiger partial charge in [0.25, 0.3) is 0 Å². The standard InChI is InChI=1S/C14H8F10N2O/c15-8-3-9-6(7(14(22,23)24)2-11(27)25-9)1-10(8)26(4-12(16,17)18)5-13(19,20)21/h1-3H,4-5H2,(H,25,27). The fraction of sp³-hybridized carbons (Fsp3) is 0.357. The number of fused-ring (bicyclic) bond motifs is 1. The van der Waals surface area contributed by atoms with Crippen LogP contribution in [0.25, 0.3) is 10.9 Å². The van der Waals surface area contributed by atoms with Crippen LogP contribution in [-0.4, -0.2) is 30.4 Å². The molecular weight excluding hydrogens is 402 g/mol. The number of nitrogens with zero attached hydrogens (tertiary/aromatic N) is 1. The van der Waals surface area contributed by atoms with E-state index in [1.807, 2.05) is 4.98 Å². The van der Waals surface area contributed by atoms with Gasteiger partial charge in [0.2, 0.25) is 5.56 Å². The highest BCUT2D eigenvalue weighted by atomic mass is 19.4. The van der Waals surface area contributed by atoms with Crippen LogP contribution in [0.4, 0.5) is 49.6 Å². The van der Waals surface area contributed by atoms with E-state index in [2.05, 4.69) is 0 Å². The van der Waals surface area contributed by atoms with Crippen LogP contribution in [0.2, 0.25) is 0 Å². The molecule has 2 rings (SSSR count). The van der Waals surface area contributed by atoms with Gasteiger partial charge in [0.05, 0.1) is 16.8 Å². The lowest BCUT2D eigenvalue weighted by molar-refractivity contribution is -0.138. The van der Waals surface area contributed by atoms with Gasteiger partial charge in [-0.05, 0) is 6.07 Å². The van der Waals surface area contributed by atoms with Crippen molar-refractivity contribution in [1.82, 2.24) is 4.98 Å². The molecule has 1 aromatic heterocycles. The Labute approximate surface area is 143 Å². The third-order valence-electron chi connectivity index (χ3n) is 3.30. The number of rotatable bonds is 3. The van der Waals surface area contributed by atoms with E-state index in [0.717, 1.165) is 0 Å². The molecule has 1 N–H and O–H groups in total. The second-order valence-corrected chi connectivity index (χ2v) is 5.48. The molecule has 0 saturated heterocycles. The van der Waals surface area contributed by atoms with E-state index in [0.29, 0.717) is 0 Å². The van der Waals surface area contributed by atoms with Gasteiger partial charge in [-0.25, -0.2) is 4.39 Å². The van der Waals surface area contributed by atoms with Gasteiger partial charge in [-0.15, -0.1) is 0 Å². The summed E-state index contributed by atoms with van der Waals surface area (Å²) in [6.07, 6.45) is -15.5. The molecule has 0 bridgehead atoms. The van der Waals surface area contributed by atoms with Gasteiger partial charge in [0.15, 0.2) is 0 Å². The first-order chi connectivity index (χ1) is 12.1.